The Bertz CT molecular complexity index is 728. The number of amides is 2. The number of piperidine rings is 1. The number of anilines is 1. The van der Waals surface area contributed by atoms with Gasteiger partial charge in [0, 0.05) is 13.6 Å². The summed E-state index contributed by atoms with van der Waals surface area (Å²) >= 11 is 0. The molecular formula is C22H29N3O2. The van der Waals surface area contributed by atoms with Crippen molar-refractivity contribution < 1.29 is 9.53 Å². The van der Waals surface area contributed by atoms with E-state index in [9.17, 15) is 4.79 Å². The quantitative estimate of drug-likeness (QED) is 0.776. The van der Waals surface area contributed by atoms with Crippen molar-refractivity contribution in [3.8, 4) is 5.75 Å². The summed E-state index contributed by atoms with van der Waals surface area (Å²) in [4.78, 5) is 14.4. The summed E-state index contributed by atoms with van der Waals surface area (Å²) in [5, 5.41) is 5.49. The van der Waals surface area contributed by atoms with Gasteiger partial charge >= 0.3 is 6.03 Å². The van der Waals surface area contributed by atoms with Gasteiger partial charge in [0.25, 0.3) is 0 Å². The third-order valence-electron chi connectivity index (χ3n) is 4.92. The largest absolute Gasteiger partial charge is 0.487 e. The van der Waals surface area contributed by atoms with Gasteiger partial charge in [-0.25, -0.2) is 4.79 Å². The maximum absolute atomic E-state index is 11.8. The van der Waals surface area contributed by atoms with E-state index in [-0.39, 0.29) is 6.03 Å². The smallest absolute Gasteiger partial charge is 0.319 e. The Morgan fingerprint density at radius 2 is 1.81 bits per heavy atom. The van der Waals surface area contributed by atoms with Crippen LogP contribution in [-0.2, 0) is 13.0 Å². The minimum absolute atomic E-state index is 0.243. The molecule has 0 spiro atoms. The second-order valence-corrected chi connectivity index (χ2v) is 6.96. The van der Waals surface area contributed by atoms with E-state index in [0.717, 1.165) is 18.5 Å². The number of nitrogens with one attached hydrogen (secondary N) is 2. The zero-order valence-electron chi connectivity index (χ0n) is 16.0. The van der Waals surface area contributed by atoms with Gasteiger partial charge in [0.2, 0.25) is 0 Å². The topological polar surface area (TPSA) is 53.6 Å². The van der Waals surface area contributed by atoms with Crippen LogP contribution in [0.15, 0.2) is 48.5 Å². The number of carbonyl (C=O) groups is 1. The van der Waals surface area contributed by atoms with Crippen molar-refractivity contribution in [3.05, 3.63) is 59.7 Å². The molecule has 0 unspecified atom stereocenters. The second kappa shape index (κ2) is 9.97. The molecule has 1 aliphatic heterocycles. The van der Waals surface area contributed by atoms with Crippen LogP contribution in [0.1, 0.15) is 30.4 Å². The summed E-state index contributed by atoms with van der Waals surface area (Å²) in [6.45, 7) is 3.92. The molecule has 27 heavy (non-hydrogen) atoms. The third kappa shape index (κ3) is 6.00. The standard InChI is InChI=1S/C22H29N3O2/c1-23-22(26)24-20-16-18(12-15-25-13-6-3-7-14-25)10-11-21(20)27-17-19-8-4-2-5-9-19/h2,4-5,8-11,16H,3,6-7,12-15,17H2,1H3,(H2,23,24,26). The lowest BCUT2D eigenvalue weighted by Gasteiger charge is -2.26. The van der Waals surface area contributed by atoms with Crippen molar-refractivity contribution in [3.63, 3.8) is 0 Å². The molecule has 0 aromatic heterocycles. The lowest BCUT2D eigenvalue weighted by Crippen LogP contribution is -2.31. The van der Waals surface area contributed by atoms with Gasteiger partial charge in [-0.1, -0.05) is 42.8 Å². The first-order chi connectivity index (χ1) is 13.2. The fourth-order valence-electron chi connectivity index (χ4n) is 3.35. The fraction of sp³-hybridized carbons (Fsp3) is 0.409. The molecule has 1 heterocycles. The van der Waals surface area contributed by atoms with Crippen LogP contribution in [0.25, 0.3) is 0 Å². The molecule has 3 rings (SSSR count). The first-order valence-corrected chi connectivity index (χ1v) is 9.75. The first-order valence-electron chi connectivity index (χ1n) is 9.75. The number of benzene rings is 2. The SMILES string of the molecule is CNC(=O)Nc1cc(CCN2CCCCC2)ccc1OCc1ccccc1. The predicted octanol–water partition coefficient (Wildman–Crippen LogP) is 4.05. The highest BCUT2D eigenvalue weighted by Crippen LogP contribution is 2.27. The van der Waals surface area contributed by atoms with E-state index >= 15 is 0 Å². The molecule has 0 radical (unpaired) electrons. The Morgan fingerprint density at radius 3 is 2.56 bits per heavy atom. The molecule has 2 aromatic rings. The van der Waals surface area contributed by atoms with Crippen LogP contribution in [0.4, 0.5) is 10.5 Å². The van der Waals surface area contributed by atoms with Crippen LogP contribution in [0.5, 0.6) is 5.75 Å². The van der Waals surface area contributed by atoms with Crippen molar-refractivity contribution in [2.75, 3.05) is 32.0 Å². The van der Waals surface area contributed by atoms with Gasteiger partial charge in [-0.2, -0.15) is 0 Å². The van der Waals surface area contributed by atoms with Crippen LogP contribution < -0.4 is 15.4 Å². The van der Waals surface area contributed by atoms with E-state index in [4.69, 9.17) is 4.74 Å². The van der Waals surface area contributed by atoms with Gasteiger partial charge in [0.15, 0.2) is 0 Å². The van der Waals surface area contributed by atoms with Crippen molar-refractivity contribution >= 4 is 11.7 Å². The minimum Gasteiger partial charge on any atom is -0.487 e. The zero-order valence-corrected chi connectivity index (χ0v) is 16.0. The molecule has 0 atom stereocenters. The Balaban J connectivity index is 1.66. The summed E-state index contributed by atoms with van der Waals surface area (Å²) in [7, 11) is 1.61. The van der Waals surface area contributed by atoms with E-state index in [2.05, 4.69) is 21.6 Å². The Morgan fingerprint density at radius 1 is 1.04 bits per heavy atom. The summed E-state index contributed by atoms with van der Waals surface area (Å²) in [6, 6.07) is 15.9. The first kappa shape index (κ1) is 19.2. The van der Waals surface area contributed by atoms with Crippen molar-refractivity contribution in [2.45, 2.75) is 32.3 Å². The number of hydrogen-bond donors (Lipinski definition) is 2. The molecule has 2 amide bonds. The maximum Gasteiger partial charge on any atom is 0.319 e. The van der Waals surface area contributed by atoms with Gasteiger partial charge < -0.3 is 20.3 Å². The number of nitrogens with zero attached hydrogens (tertiary/aromatic N) is 1. The molecule has 5 heteroatoms. The van der Waals surface area contributed by atoms with Gasteiger partial charge in [0.1, 0.15) is 12.4 Å². The molecule has 1 fully saturated rings. The average Bonchev–Trinajstić information content (AvgIpc) is 2.73. The highest BCUT2D eigenvalue weighted by Gasteiger charge is 2.12. The Hall–Kier alpha value is -2.53. The number of urea groups is 1. The Labute approximate surface area is 161 Å². The van der Waals surface area contributed by atoms with E-state index in [1.807, 2.05) is 42.5 Å². The highest BCUT2D eigenvalue weighted by molar-refractivity contribution is 5.90. The molecule has 5 nitrogen and oxygen atoms in total. The minimum atomic E-state index is -0.243. The molecule has 144 valence electrons. The molecule has 0 aliphatic carbocycles. The van der Waals surface area contributed by atoms with Gasteiger partial charge in [-0.3, -0.25) is 0 Å². The number of ether oxygens (including phenoxy) is 1. The van der Waals surface area contributed by atoms with E-state index < -0.39 is 0 Å². The predicted molar refractivity (Wildman–Crippen MR) is 109 cm³/mol. The second-order valence-electron chi connectivity index (χ2n) is 6.96. The normalized spacial score (nSPS) is 14.6. The van der Waals surface area contributed by atoms with Gasteiger partial charge in [-0.05, 0) is 55.6 Å². The van der Waals surface area contributed by atoms with Crippen LogP contribution >= 0.6 is 0 Å². The molecule has 0 saturated carbocycles. The molecule has 1 aliphatic rings. The van der Waals surface area contributed by atoms with E-state index in [0.29, 0.717) is 18.0 Å². The molecule has 2 N–H and O–H groups in total. The van der Waals surface area contributed by atoms with Crippen LogP contribution in [-0.4, -0.2) is 37.6 Å². The van der Waals surface area contributed by atoms with Crippen molar-refractivity contribution in [1.82, 2.24) is 10.2 Å². The number of likely N-dealkylation sites (tertiary alicyclic amines) is 1. The summed E-state index contributed by atoms with van der Waals surface area (Å²) < 4.78 is 5.97. The summed E-state index contributed by atoms with van der Waals surface area (Å²) in [5.41, 5.74) is 3.01. The summed E-state index contributed by atoms with van der Waals surface area (Å²) in [6.07, 6.45) is 4.93. The number of rotatable bonds is 7. The average molecular weight is 367 g/mol. The number of carbonyl (C=O) groups excluding carboxylic acids is 1. The summed E-state index contributed by atoms with van der Waals surface area (Å²) in [5.74, 6) is 0.684. The van der Waals surface area contributed by atoms with Gasteiger partial charge in [-0.15, -0.1) is 0 Å². The molecular weight excluding hydrogens is 338 g/mol. The zero-order chi connectivity index (χ0) is 18.9. The van der Waals surface area contributed by atoms with Crippen LogP contribution in [0.2, 0.25) is 0 Å². The lowest BCUT2D eigenvalue weighted by molar-refractivity contribution is 0.231. The molecule has 0 bridgehead atoms. The Kier molecular flexibility index (Phi) is 7.11. The van der Waals surface area contributed by atoms with Gasteiger partial charge in [0.05, 0.1) is 5.69 Å². The monoisotopic (exact) mass is 367 g/mol. The van der Waals surface area contributed by atoms with E-state index in [1.165, 1.54) is 37.9 Å². The third-order valence-corrected chi connectivity index (χ3v) is 4.92. The van der Waals surface area contributed by atoms with Crippen LogP contribution in [0, 0.1) is 0 Å². The molecule has 2 aromatic carbocycles. The fourth-order valence-corrected chi connectivity index (χ4v) is 3.35. The van der Waals surface area contributed by atoms with E-state index in [1.54, 1.807) is 7.05 Å². The van der Waals surface area contributed by atoms with Crippen molar-refractivity contribution in [1.29, 1.82) is 0 Å². The lowest BCUT2D eigenvalue weighted by atomic mass is 10.1. The number of hydrogen-bond acceptors (Lipinski definition) is 3. The highest BCUT2D eigenvalue weighted by atomic mass is 16.5. The van der Waals surface area contributed by atoms with Crippen molar-refractivity contribution in [2.24, 2.45) is 0 Å². The van der Waals surface area contributed by atoms with Crippen LogP contribution in [0.3, 0.4) is 0 Å². The maximum atomic E-state index is 11.8. The molecule has 1 saturated heterocycles.